The number of nitrogens with zero attached hydrogens (tertiary/aromatic N) is 1. The monoisotopic (exact) mass is 306 g/mol. The van der Waals surface area contributed by atoms with Gasteiger partial charge >= 0.3 is 5.97 Å². The summed E-state index contributed by atoms with van der Waals surface area (Å²) in [5.74, 6) is 0.0410. The minimum absolute atomic E-state index is 0.133. The largest absolute Gasteiger partial charge is 0.495 e. The second-order valence-electron chi connectivity index (χ2n) is 5.79. The first-order valence-corrected chi connectivity index (χ1v) is 8.01. The Morgan fingerprint density at radius 3 is 2.77 bits per heavy atom. The van der Waals surface area contributed by atoms with E-state index in [1.807, 2.05) is 12.1 Å². The number of hydrogen-bond donors (Lipinski definition) is 2. The summed E-state index contributed by atoms with van der Waals surface area (Å²) in [4.78, 5) is 12.9. The summed E-state index contributed by atoms with van der Waals surface area (Å²) in [5.41, 5.74) is 2.17. The minimum atomic E-state index is -0.773. The maximum Gasteiger partial charge on any atom is 0.305 e. The molecule has 2 N–H and O–H groups in total. The van der Waals surface area contributed by atoms with E-state index >= 15 is 0 Å². The summed E-state index contributed by atoms with van der Waals surface area (Å²) in [6.45, 7) is 4.26. The highest BCUT2D eigenvalue weighted by atomic mass is 16.5. The average molecular weight is 306 g/mol. The number of benzene rings is 1. The second-order valence-corrected chi connectivity index (χ2v) is 5.79. The van der Waals surface area contributed by atoms with Gasteiger partial charge in [-0.2, -0.15) is 0 Å². The lowest BCUT2D eigenvalue weighted by atomic mass is 10.1. The van der Waals surface area contributed by atoms with Crippen molar-refractivity contribution < 1.29 is 14.6 Å². The first-order valence-electron chi connectivity index (χ1n) is 8.01. The van der Waals surface area contributed by atoms with Gasteiger partial charge in [-0.1, -0.05) is 13.0 Å². The molecular weight excluding hydrogens is 280 g/mol. The zero-order valence-corrected chi connectivity index (χ0v) is 13.5. The van der Waals surface area contributed by atoms with E-state index in [1.165, 1.54) is 18.4 Å². The predicted octanol–water partition coefficient (Wildman–Crippen LogP) is 2.64. The summed E-state index contributed by atoms with van der Waals surface area (Å²) >= 11 is 0. The van der Waals surface area contributed by atoms with Gasteiger partial charge in [-0.25, -0.2) is 0 Å². The molecule has 5 nitrogen and oxygen atoms in total. The third-order valence-corrected chi connectivity index (χ3v) is 3.85. The zero-order chi connectivity index (χ0) is 15.9. The number of ether oxygens (including phenoxy) is 1. The van der Waals surface area contributed by atoms with E-state index in [0.29, 0.717) is 12.6 Å². The highest BCUT2D eigenvalue weighted by Crippen LogP contribution is 2.30. The first kappa shape index (κ1) is 16.6. The predicted molar refractivity (Wildman–Crippen MR) is 87.6 cm³/mol. The Labute approximate surface area is 132 Å². The Kier molecular flexibility index (Phi) is 6.07. The third-order valence-electron chi connectivity index (χ3n) is 3.85. The van der Waals surface area contributed by atoms with Gasteiger partial charge in [0, 0.05) is 25.7 Å². The van der Waals surface area contributed by atoms with Crippen molar-refractivity contribution >= 4 is 11.7 Å². The van der Waals surface area contributed by atoms with Gasteiger partial charge in [-0.05, 0) is 37.0 Å². The van der Waals surface area contributed by atoms with Gasteiger partial charge < -0.3 is 20.1 Å². The van der Waals surface area contributed by atoms with Crippen LogP contribution in [0.15, 0.2) is 18.2 Å². The van der Waals surface area contributed by atoms with E-state index in [9.17, 15) is 4.79 Å². The van der Waals surface area contributed by atoms with Crippen molar-refractivity contribution in [2.75, 3.05) is 25.1 Å². The molecule has 0 heterocycles. The van der Waals surface area contributed by atoms with E-state index in [1.54, 1.807) is 7.11 Å². The van der Waals surface area contributed by atoms with Crippen LogP contribution in [0.1, 0.15) is 38.2 Å². The molecule has 122 valence electrons. The highest BCUT2D eigenvalue weighted by Gasteiger charge is 2.20. The van der Waals surface area contributed by atoms with Crippen LogP contribution in [-0.4, -0.2) is 37.3 Å². The maximum absolute atomic E-state index is 10.8. The molecular formula is C17H26N2O3. The van der Waals surface area contributed by atoms with Crippen LogP contribution in [0.25, 0.3) is 0 Å². The van der Waals surface area contributed by atoms with Crippen LogP contribution >= 0.6 is 0 Å². The molecule has 2 rings (SSSR count). The number of nitrogens with one attached hydrogen (secondary N) is 1. The molecule has 22 heavy (non-hydrogen) atoms. The van der Waals surface area contributed by atoms with Crippen LogP contribution in [0.4, 0.5) is 5.69 Å². The van der Waals surface area contributed by atoms with Crippen LogP contribution < -0.4 is 15.0 Å². The molecule has 1 saturated carbocycles. The molecule has 0 saturated heterocycles. The SMILES string of the molecule is CCCN(CCC(=O)O)c1ccc(CNC2CC2)cc1OC. The normalized spacial score (nSPS) is 13.9. The van der Waals surface area contributed by atoms with Gasteiger partial charge in [0.1, 0.15) is 5.75 Å². The standard InChI is InChI=1S/C17H26N2O3/c1-3-9-19(10-8-17(20)21)15-7-4-13(11-16(15)22-2)12-18-14-5-6-14/h4,7,11,14,18H,3,5-6,8-10,12H2,1-2H3,(H,20,21). The molecule has 0 aliphatic heterocycles. The van der Waals surface area contributed by atoms with Crippen molar-refractivity contribution in [2.45, 2.75) is 45.2 Å². The topological polar surface area (TPSA) is 61.8 Å². The molecule has 0 atom stereocenters. The molecule has 1 fully saturated rings. The molecule has 0 aromatic heterocycles. The van der Waals surface area contributed by atoms with Crippen molar-refractivity contribution in [1.82, 2.24) is 5.32 Å². The number of anilines is 1. The molecule has 0 radical (unpaired) electrons. The Bertz CT molecular complexity index is 501. The van der Waals surface area contributed by atoms with Gasteiger partial charge in [0.25, 0.3) is 0 Å². The van der Waals surface area contributed by atoms with Crippen molar-refractivity contribution in [3.05, 3.63) is 23.8 Å². The van der Waals surface area contributed by atoms with E-state index in [2.05, 4.69) is 23.2 Å². The molecule has 1 aliphatic carbocycles. The van der Waals surface area contributed by atoms with Crippen LogP contribution in [0.3, 0.4) is 0 Å². The first-order chi connectivity index (χ1) is 10.6. The molecule has 1 aliphatic rings. The highest BCUT2D eigenvalue weighted by molar-refractivity contribution is 5.68. The lowest BCUT2D eigenvalue weighted by Crippen LogP contribution is -2.27. The van der Waals surface area contributed by atoms with Crippen molar-refractivity contribution in [1.29, 1.82) is 0 Å². The Hall–Kier alpha value is -1.75. The molecule has 0 amide bonds. The lowest BCUT2D eigenvalue weighted by Gasteiger charge is -2.26. The summed E-state index contributed by atoms with van der Waals surface area (Å²) in [6, 6.07) is 6.86. The van der Waals surface area contributed by atoms with Crippen molar-refractivity contribution in [3.63, 3.8) is 0 Å². The molecule has 1 aromatic rings. The number of methoxy groups -OCH3 is 1. The van der Waals surface area contributed by atoms with Crippen molar-refractivity contribution in [3.8, 4) is 5.75 Å². The molecule has 0 bridgehead atoms. The number of hydrogen-bond acceptors (Lipinski definition) is 4. The van der Waals surface area contributed by atoms with Crippen LogP contribution in [0.5, 0.6) is 5.75 Å². The summed E-state index contributed by atoms with van der Waals surface area (Å²) in [5, 5.41) is 12.4. The number of aliphatic carboxylic acids is 1. The van der Waals surface area contributed by atoms with Crippen molar-refractivity contribution in [2.24, 2.45) is 0 Å². The Morgan fingerprint density at radius 2 is 2.18 bits per heavy atom. The smallest absolute Gasteiger partial charge is 0.305 e. The summed E-state index contributed by atoms with van der Waals surface area (Å²) in [6.07, 6.45) is 3.64. The van der Waals surface area contributed by atoms with Gasteiger partial charge in [-0.3, -0.25) is 4.79 Å². The van der Waals surface area contributed by atoms with Gasteiger partial charge in [0.2, 0.25) is 0 Å². The maximum atomic E-state index is 10.8. The van der Waals surface area contributed by atoms with Gasteiger partial charge in [0.05, 0.1) is 19.2 Å². The number of rotatable bonds is 10. The number of carbonyl (C=O) groups is 1. The molecule has 5 heteroatoms. The van der Waals surface area contributed by atoms with Crippen LogP contribution in [0.2, 0.25) is 0 Å². The zero-order valence-electron chi connectivity index (χ0n) is 13.5. The van der Waals surface area contributed by atoms with Gasteiger partial charge in [-0.15, -0.1) is 0 Å². The van der Waals surface area contributed by atoms with E-state index in [0.717, 1.165) is 30.9 Å². The quantitative estimate of drug-likeness (QED) is 0.696. The van der Waals surface area contributed by atoms with E-state index in [4.69, 9.17) is 9.84 Å². The Morgan fingerprint density at radius 1 is 1.41 bits per heavy atom. The van der Waals surface area contributed by atoms with Crippen LogP contribution in [0, 0.1) is 0 Å². The van der Waals surface area contributed by atoms with E-state index < -0.39 is 5.97 Å². The number of carboxylic acid groups (broad SMARTS) is 1. The summed E-state index contributed by atoms with van der Waals surface area (Å²) < 4.78 is 5.53. The molecule has 1 aromatic carbocycles. The molecule has 0 spiro atoms. The lowest BCUT2D eigenvalue weighted by molar-refractivity contribution is -0.136. The van der Waals surface area contributed by atoms with E-state index in [-0.39, 0.29) is 6.42 Å². The van der Waals surface area contributed by atoms with Crippen LogP contribution in [-0.2, 0) is 11.3 Å². The second kappa shape index (κ2) is 8.03. The molecule has 0 unspecified atom stereocenters. The van der Waals surface area contributed by atoms with Gasteiger partial charge in [0.15, 0.2) is 0 Å². The fourth-order valence-electron chi connectivity index (χ4n) is 2.50. The Balaban J connectivity index is 2.09. The third kappa shape index (κ3) is 4.91. The fourth-order valence-corrected chi connectivity index (χ4v) is 2.50. The minimum Gasteiger partial charge on any atom is -0.495 e. The average Bonchev–Trinajstić information content (AvgIpc) is 3.33. The summed E-state index contributed by atoms with van der Waals surface area (Å²) in [7, 11) is 1.66. The fraction of sp³-hybridized carbons (Fsp3) is 0.588. The number of carboxylic acids is 1.